The van der Waals surface area contributed by atoms with Crippen LogP contribution in [-0.4, -0.2) is 40.3 Å². The van der Waals surface area contributed by atoms with Crippen molar-refractivity contribution in [3.05, 3.63) is 24.6 Å². The molecular formula is C15H30FNOSi2. The molecule has 5 heteroatoms. The van der Waals surface area contributed by atoms with Crippen LogP contribution >= 0.6 is 0 Å². The van der Waals surface area contributed by atoms with Gasteiger partial charge in [0.1, 0.15) is 0 Å². The maximum Gasteiger partial charge on any atom is 0.400 e. The molecule has 0 aliphatic rings. The highest BCUT2D eigenvalue weighted by Crippen LogP contribution is 2.16. The van der Waals surface area contributed by atoms with E-state index in [4.69, 9.17) is 0 Å². The minimum Gasteiger partial charge on any atom is -0.315 e. The van der Waals surface area contributed by atoms with E-state index in [0.717, 1.165) is 24.9 Å². The fourth-order valence-corrected chi connectivity index (χ4v) is 4.49. The summed E-state index contributed by atoms with van der Waals surface area (Å²) in [5.41, 5.74) is 4.10. The van der Waals surface area contributed by atoms with E-state index in [1.807, 2.05) is 11.4 Å². The molecule has 2 nitrogen and oxygen atoms in total. The Balaban J connectivity index is 4.16. The van der Waals surface area contributed by atoms with E-state index in [2.05, 4.69) is 39.3 Å². The minimum absolute atomic E-state index is 0.523. The first-order chi connectivity index (χ1) is 9.13. The fourth-order valence-electron chi connectivity index (χ4n) is 1.94. The highest BCUT2D eigenvalue weighted by molar-refractivity contribution is 6.82. The Morgan fingerprint density at radius 3 is 1.60 bits per heavy atom. The number of halogens is 1. The third kappa shape index (κ3) is 8.48. The number of rotatable bonds is 10. The van der Waals surface area contributed by atoms with Gasteiger partial charge >= 0.3 is 6.16 Å². The molecule has 1 amide bonds. The van der Waals surface area contributed by atoms with Crippen LogP contribution in [0.1, 0.15) is 12.8 Å². The number of hydrogen-bond acceptors (Lipinski definition) is 1. The Bertz CT molecular complexity index is 317. The Labute approximate surface area is 125 Å². The molecule has 0 atom stereocenters. The zero-order valence-corrected chi connectivity index (χ0v) is 15.5. The van der Waals surface area contributed by atoms with Gasteiger partial charge in [-0.3, -0.25) is 0 Å². The molecular weight excluding hydrogens is 285 g/mol. The van der Waals surface area contributed by atoms with E-state index in [-0.39, 0.29) is 0 Å². The van der Waals surface area contributed by atoms with Gasteiger partial charge in [-0.25, -0.2) is 4.79 Å². The Hall–Kier alpha value is -0.686. The van der Waals surface area contributed by atoms with Gasteiger partial charge in [-0.2, -0.15) is 0 Å². The van der Waals surface area contributed by atoms with Gasteiger partial charge in [0, 0.05) is 13.1 Å². The molecule has 0 heterocycles. The molecule has 0 saturated carbocycles. The van der Waals surface area contributed by atoms with Crippen molar-refractivity contribution in [3.63, 3.8) is 0 Å². The molecule has 0 unspecified atom stereocenters. The monoisotopic (exact) mass is 315 g/mol. The number of amides is 1. The third-order valence-corrected chi connectivity index (χ3v) is 9.35. The molecule has 0 aliphatic heterocycles. The van der Waals surface area contributed by atoms with Crippen molar-refractivity contribution in [2.45, 2.75) is 51.1 Å². The van der Waals surface area contributed by atoms with Gasteiger partial charge < -0.3 is 4.90 Å². The molecule has 0 N–H and O–H groups in total. The quantitative estimate of drug-likeness (QED) is 0.315. The van der Waals surface area contributed by atoms with E-state index < -0.39 is 22.3 Å². The van der Waals surface area contributed by atoms with Crippen molar-refractivity contribution in [1.29, 1.82) is 0 Å². The summed E-state index contributed by atoms with van der Waals surface area (Å²) in [5, 5.41) is 0. The van der Waals surface area contributed by atoms with E-state index in [0.29, 0.717) is 13.1 Å². The van der Waals surface area contributed by atoms with Crippen molar-refractivity contribution in [3.8, 4) is 0 Å². The van der Waals surface area contributed by atoms with Gasteiger partial charge in [-0.05, 0) is 12.8 Å². The van der Waals surface area contributed by atoms with Gasteiger partial charge in [-0.15, -0.1) is 28.9 Å². The first kappa shape index (κ1) is 19.3. The zero-order valence-electron chi connectivity index (χ0n) is 13.5. The van der Waals surface area contributed by atoms with Gasteiger partial charge in [-0.1, -0.05) is 38.3 Å². The average molecular weight is 316 g/mol. The van der Waals surface area contributed by atoms with E-state index in [9.17, 15) is 9.18 Å². The summed E-state index contributed by atoms with van der Waals surface area (Å²) in [4.78, 5) is 12.4. The van der Waals surface area contributed by atoms with Crippen molar-refractivity contribution in [2.24, 2.45) is 0 Å². The first-order valence-electron chi connectivity index (χ1n) is 7.35. The molecule has 0 fully saturated rings. The molecule has 0 aromatic rings. The standard InChI is InChI=1S/C15H30FNOSi2/c1-7-19(3,4)13-9-11-17(15(16)18)12-10-14-20(5,6)8-2/h7-8H,1-2,9-14H2,3-6H3. The SMILES string of the molecule is C=C[Si](C)(C)CCCN(CCC[Si](C)(C)C=C)C(=O)F. The largest absolute Gasteiger partial charge is 0.400 e. The van der Waals surface area contributed by atoms with Crippen LogP contribution in [0.25, 0.3) is 0 Å². The summed E-state index contributed by atoms with van der Waals surface area (Å²) >= 11 is 0. The highest BCUT2D eigenvalue weighted by Gasteiger charge is 2.20. The lowest BCUT2D eigenvalue weighted by atomic mass is 10.4. The zero-order chi connectivity index (χ0) is 15.8. The van der Waals surface area contributed by atoms with Crippen molar-refractivity contribution < 1.29 is 9.18 Å². The molecule has 0 aromatic carbocycles. The Morgan fingerprint density at radius 2 is 1.35 bits per heavy atom. The van der Waals surface area contributed by atoms with Crippen LogP contribution in [0.4, 0.5) is 9.18 Å². The summed E-state index contributed by atoms with van der Waals surface area (Å²) in [6, 6.07) is 2.10. The van der Waals surface area contributed by atoms with Crippen molar-refractivity contribution in [1.82, 2.24) is 4.90 Å². The summed E-state index contributed by atoms with van der Waals surface area (Å²) in [7, 11) is -2.70. The molecule has 0 bridgehead atoms. The molecule has 116 valence electrons. The van der Waals surface area contributed by atoms with Gasteiger partial charge in [0.05, 0.1) is 16.1 Å². The predicted molar refractivity (Wildman–Crippen MR) is 92.3 cm³/mol. The molecule has 0 radical (unpaired) electrons. The Morgan fingerprint density at radius 1 is 1.00 bits per heavy atom. The number of hydrogen-bond donors (Lipinski definition) is 0. The number of carbonyl (C=O) groups excluding carboxylic acids is 1. The summed E-state index contributed by atoms with van der Waals surface area (Å²) in [6.07, 6.45) is 0.438. The normalized spacial score (nSPS) is 12.1. The lowest BCUT2D eigenvalue weighted by Gasteiger charge is -2.23. The predicted octanol–water partition coefficient (Wildman–Crippen LogP) is 5.03. The van der Waals surface area contributed by atoms with E-state index >= 15 is 0 Å². The topological polar surface area (TPSA) is 20.3 Å². The van der Waals surface area contributed by atoms with E-state index in [1.54, 1.807) is 0 Å². The van der Waals surface area contributed by atoms with Crippen LogP contribution in [0.3, 0.4) is 0 Å². The lowest BCUT2D eigenvalue weighted by molar-refractivity contribution is 0.174. The summed E-state index contributed by atoms with van der Waals surface area (Å²) < 4.78 is 13.0. The third-order valence-electron chi connectivity index (χ3n) is 3.85. The maximum absolute atomic E-state index is 13.0. The van der Waals surface area contributed by atoms with Crippen LogP contribution in [0.5, 0.6) is 0 Å². The second-order valence-corrected chi connectivity index (χ2v) is 16.6. The van der Waals surface area contributed by atoms with Gasteiger partial charge in [0.2, 0.25) is 0 Å². The first-order valence-corrected chi connectivity index (χ1v) is 13.9. The highest BCUT2D eigenvalue weighted by atomic mass is 28.3. The number of carbonyl (C=O) groups is 1. The van der Waals surface area contributed by atoms with Gasteiger partial charge in [0.15, 0.2) is 0 Å². The van der Waals surface area contributed by atoms with Crippen LogP contribution < -0.4 is 0 Å². The molecule has 0 aliphatic carbocycles. The maximum atomic E-state index is 13.0. The second kappa shape index (κ2) is 8.57. The molecule has 0 aromatic heterocycles. The minimum atomic E-state index is -1.35. The van der Waals surface area contributed by atoms with Gasteiger partial charge in [0.25, 0.3) is 0 Å². The Kier molecular flexibility index (Phi) is 8.27. The summed E-state index contributed by atoms with van der Waals surface area (Å²) in [5.74, 6) is 0. The molecule has 0 rings (SSSR count). The molecule has 0 spiro atoms. The summed E-state index contributed by atoms with van der Waals surface area (Å²) in [6.45, 7) is 17.7. The van der Waals surface area contributed by atoms with Crippen molar-refractivity contribution >= 4 is 22.3 Å². The average Bonchev–Trinajstić information content (AvgIpc) is 2.36. The van der Waals surface area contributed by atoms with Crippen molar-refractivity contribution in [2.75, 3.05) is 13.1 Å². The lowest BCUT2D eigenvalue weighted by Crippen LogP contribution is -2.32. The van der Waals surface area contributed by atoms with Crippen LogP contribution in [0.2, 0.25) is 38.3 Å². The molecule has 0 saturated heterocycles. The molecule has 20 heavy (non-hydrogen) atoms. The second-order valence-electron chi connectivity index (χ2n) is 6.83. The van der Waals surface area contributed by atoms with Crippen LogP contribution in [0, 0.1) is 0 Å². The number of nitrogens with zero attached hydrogens (tertiary/aromatic N) is 1. The smallest absolute Gasteiger partial charge is 0.315 e. The fraction of sp³-hybridized carbons (Fsp3) is 0.667. The van der Waals surface area contributed by atoms with E-state index in [1.165, 1.54) is 4.90 Å². The van der Waals surface area contributed by atoms with Crippen LogP contribution in [0.15, 0.2) is 24.6 Å². The van der Waals surface area contributed by atoms with Crippen LogP contribution in [-0.2, 0) is 0 Å².